The van der Waals surface area contributed by atoms with Gasteiger partial charge in [-0.05, 0) is 6.92 Å². The van der Waals surface area contributed by atoms with Gasteiger partial charge in [0.1, 0.15) is 16.7 Å². The molecule has 3 N–H and O–H groups in total. The molecule has 5 heteroatoms. The molecule has 14 heavy (non-hydrogen) atoms. The molecule has 0 aromatic carbocycles. The van der Waals surface area contributed by atoms with E-state index >= 15 is 0 Å². The molecule has 4 nitrogen and oxygen atoms in total. The monoisotopic (exact) mass is 210 g/mol. The summed E-state index contributed by atoms with van der Waals surface area (Å²) in [6.45, 7) is 5.98. The van der Waals surface area contributed by atoms with Gasteiger partial charge in [0, 0.05) is 11.4 Å². The minimum Gasteiger partial charge on any atom is -0.384 e. The van der Waals surface area contributed by atoms with E-state index in [2.05, 4.69) is 23.8 Å². The van der Waals surface area contributed by atoms with Crippen molar-refractivity contribution in [1.29, 1.82) is 5.41 Å². The zero-order chi connectivity index (χ0) is 10.7. The molecule has 1 heterocycles. The molecule has 0 aliphatic carbocycles. The number of nitrogens with zero attached hydrogens (tertiary/aromatic N) is 2. The Morgan fingerprint density at radius 2 is 2.21 bits per heavy atom. The number of thioether (sulfide) groups is 1. The summed E-state index contributed by atoms with van der Waals surface area (Å²) < 4.78 is 0. The first-order chi connectivity index (χ1) is 6.50. The molecule has 0 aliphatic rings. The van der Waals surface area contributed by atoms with E-state index in [0.717, 1.165) is 5.03 Å². The van der Waals surface area contributed by atoms with Crippen LogP contribution in [0.15, 0.2) is 11.2 Å². The van der Waals surface area contributed by atoms with Crippen LogP contribution in [0.2, 0.25) is 0 Å². The molecule has 0 bridgehead atoms. The Bertz CT molecular complexity index is 349. The van der Waals surface area contributed by atoms with Crippen molar-refractivity contribution in [1.82, 2.24) is 9.97 Å². The van der Waals surface area contributed by atoms with Crippen molar-refractivity contribution >= 4 is 17.6 Å². The van der Waals surface area contributed by atoms with Crippen LogP contribution in [0, 0.1) is 12.3 Å². The third-order valence-corrected chi connectivity index (χ3v) is 2.52. The van der Waals surface area contributed by atoms with E-state index in [1.807, 2.05) is 6.92 Å². The van der Waals surface area contributed by atoms with Crippen molar-refractivity contribution < 1.29 is 0 Å². The quantitative estimate of drug-likeness (QED) is 0.343. The van der Waals surface area contributed by atoms with Crippen LogP contribution in [0.1, 0.15) is 25.2 Å². The minimum atomic E-state index is 0.0214. The zero-order valence-electron chi connectivity index (χ0n) is 8.53. The highest BCUT2D eigenvalue weighted by molar-refractivity contribution is 7.99. The van der Waals surface area contributed by atoms with Gasteiger partial charge in [0.2, 0.25) is 0 Å². The van der Waals surface area contributed by atoms with Crippen molar-refractivity contribution in [3.05, 3.63) is 17.6 Å². The van der Waals surface area contributed by atoms with Crippen LogP contribution in [-0.4, -0.2) is 21.1 Å². The molecule has 0 saturated heterocycles. The second-order valence-electron chi connectivity index (χ2n) is 3.22. The van der Waals surface area contributed by atoms with E-state index in [-0.39, 0.29) is 5.84 Å². The first-order valence-corrected chi connectivity index (χ1v) is 5.23. The average molecular weight is 210 g/mol. The van der Waals surface area contributed by atoms with Gasteiger partial charge in [-0.15, -0.1) is 11.8 Å². The van der Waals surface area contributed by atoms with Gasteiger partial charge in [-0.1, -0.05) is 13.8 Å². The standard InChI is InChI=1S/C9H14N4S/c1-5(2)14-9-7(8(10)11)4-12-6(3)13-9/h4-5H,1-3H3,(H3,10,11). The summed E-state index contributed by atoms with van der Waals surface area (Å²) in [6, 6.07) is 0. The number of hydrogen-bond donors (Lipinski definition) is 2. The van der Waals surface area contributed by atoms with Crippen LogP contribution in [0.3, 0.4) is 0 Å². The van der Waals surface area contributed by atoms with Gasteiger partial charge < -0.3 is 5.73 Å². The van der Waals surface area contributed by atoms with Crippen LogP contribution in [0.5, 0.6) is 0 Å². The van der Waals surface area contributed by atoms with E-state index in [9.17, 15) is 0 Å². The number of aromatic nitrogens is 2. The molecule has 0 spiro atoms. The van der Waals surface area contributed by atoms with E-state index in [0.29, 0.717) is 16.6 Å². The van der Waals surface area contributed by atoms with Gasteiger partial charge in [-0.2, -0.15) is 0 Å². The number of amidine groups is 1. The third kappa shape index (κ3) is 2.70. The fourth-order valence-electron chi connectivity index (χ4n) is 0.947. The van der Waals surface area contributed by atoms with Gasteiger partial charge in [0.05, 0.1) is 5.56 Å². The van der Waals surface area contributed by atoms with Crippen molar-refractivity contribution in [2.45, 2.75) is 31.0 Å². The molecule has 0 aliphatic heterocycles. The Morgan fingerprint density at radius 1 is 1.57 bits per heavy atom. The van der Waals surface area contributed by atoms with E-state index < -0.39 is 0 Å². The van der Waals surface area contributed by atoms with Gasteiger partial charge >= 0.3 is 0 Å². The van der Waals surface area contributed by atoms with Gasteiger partial charge in [-0.3, -0.25) is 5.41 Å². The number of nitrogens with two attached hydrogens (primary N) is 1. The highest BCUT2D eigenvalue weighted by atomic mass is 32.2. The maximum atomic E-state index is 7.38. The van der Waals surface area contributed by atoms with E-state index in [1.54, 1.807) is 18.0 Å². The number of rotatable bonds is 3. The molecular weight excluding hydrogens is 196 g/mol. The first kappa shape index (κ1) is 11.0. The lowest BCUT2D eigenvalue weighted by atomic mass is 10.3. The van der Waals surface area contributed by atoms with Gasteiger partial charge in [-0.25, -0.2) is 9.97 Å². The third-order valence-electron chi connectivity index (χ3n) is 1.51. The number of nitrogen functional groups attached to an aromatic ring is 1. The summed E-state index contributed by atoms with van der Waals surface area (Å²) in [5.74, 6) is 0.728. The number of aryl methyl sites for hydroxylation is 1. The molecule has 0 fully saturated rings. The summed E-state index contributed by atoms with van der Waals surface area (Å²) in [7, 11) is 0. The predicted molar refractivity (Wildman–Crippen MR) is 58.8 cm³/mol. The second-order valence-corrected chi connectivity index (χ2v) is 4.78. The fourth-order valence-corrected chi connectivity index (χ4v) is 1.87. The maximum absolute atomic E-state index is 7.38. The Balaban J connectivity index is 3.09. The Labute approximate surface area is 87.8 Å². The SMILES string of the molecule is Cc1ncc(C(=N)N)c(SC(C)C)n1. The Morgan fingerprint density at radius 3 is 2.71 bits per heavy atom. The van der Waals surface area contributed by atoms with Crippen molar-refractivity contribution in [3.8, 4) is 0 Å². The lowest BCUT2D eigenvalue weighted by Crippen LogP contribution is -2.14. The van der Waals surface area contributed by atoms with E-state index in [4.69, 9.17) is 11.1 Å². The lowest BCUT2D eigenvalue weighted by Gasteiger charge is -2.08. The normalized spacial score (nSPS) is 10.6. The molecular formula is C9H14N4S. The summed E-state index contributed by atoms with van der Waals surface area (Å²) in [6.07, 6.45) is 1.61. The summed E-state index contributed by atoms with van der Waals surface area (Å²) in [5, 5.41) is 8.59. The second kappa shape index (κ2) is 4.41. The number of nitrogens with one attached hydrogen (secondary N) is 1. The lowest BCUT2D eigenvalue weighted by molar-refractivity contribution is 0.949. The first-order valence-electron chi connectivity index (χ1n) is 4.35. The highest BCUT2D eigenvalue weighted by Crippen LogP contribution is 2.23. The molecule has 76 valence electrons. The summed E-state index contributed by atoms with van der Waals surface area (Å²) >= 11 is 1.60. The molecule has 0 unspecified atom stereocenters. The summed E-state index contributed by atoms with van der Waals surface area (Å²) in [5.41, 5.74) is 6.05. The van der Waals surface area contributed by atoms with Crippen LogP contribution in [0.25, 0.3) is 0 Å². The molecule has 0 saturated carbocycles. The smallest absolute Gasteiger partial charge is 0.127 e. The van der Waals surface area contributed by atoms with E-state index in [1.165, 1.54) is 0 Å². The fraction of sp³-hybridized carbons (Fsp3) is 0.444. The molecule has 1 aromatic rings. The Kier molecular flexibility index (Phi) is 3.46. The molecule has 0 radical (unpaired) electrons. The topological polar surface area (TPSA) is 75.7 Å². The van der Waals surface area contributed by atoms with Gasteiger partial charge in [0.25, 0.3) is 0 Å². The van der Waals surface area contributed by atoms with Crippen molar-refractivity contribution in [2.75, 3.05) is 0 Å². The van der Waals surface area contributed by atoms with Crippen molar-refractivity contribution in [3.63, 3.8) is 0 Å². The summed E-state index contributed by atoms with van der Waals surface area (Å²) in [4.78, 5) is 8.29. The van der Waals surface area contributed by atoms with Crippen molar-refractivity contribution in [2.24, 2.45) is 5.73 Å². The molecule has 0 atom stereocenters. The number of hydrogen-bond acceptors (Lipinski definition) is 4. The average Bonchev–Trinajstić information content (AvgIpc) is 2.01. The minimum absolute atomic E-state index is 0.0214. The zero-order valence-corrected chi connectivity index (χ0v) is 9.35. The highest BCUT2D eigenvalue weighted by Gasteiger charge is 2.10. The predicted octanol–water partition coefficient (Wildman–Crippen LogP) is 1.57. The van der Waals surface area contributed by atoms with Crippen LogP contribution >= 0.6 is 11.8 Å². The molecule has 0 amide bonds. The van der Waals surface area contributed by atoms with Crippen LogP contribution < -0.4 is 5.73 Å². The molecule has 1 rings (SSSR count). The largest absolute Gasteiger partial charge is 0.384 e. The van der Waals surface area contributed by atoms with Crippen LogP contribution in [0.4, 0.5) is 0 Å². The molecule has 1 aromatic heterocycles. The van der Waals surface area contributed by atoms with Gasteiger partial charge in [0.15, 0.2) is 0 Å². The Hall–Kier alpha value is -1.10. The van der Waals surface area contributed by atoms with Crippen LogP contribution in [-0.2, 0) is 0 Å². The maximum Gasteiger partial charge on any atom is 0.127 e.